The summed E-state index contributed by atoms with van der Waals surface area (Å²) < 4.78 is 65.4. The van der Waals surface area contributed by atoms with Gasteiger partial charge in [0.05, 0.1) is 21.2 Å². The molecular formula is C14H11ClF3NO2S. The molecule has 2 aromatic rings. The Bertz CT molecular complexity index is 804. The fourth-order valence-electron chi connectivity index (χ4n) is 1.84. The van der Waals surface area contributed by atoms with Crippen LogP contribution in [0.5, 0.6) is 0 Å². The van der Waals surface area contributed by atoms with Crippen molar-refractivity contribution >= 4 is 27.3 Å². The lowest BCUT2D eigenvalue weighted by Crippen LogP contribution is -2.19. The normalized spacial score (nSPS) is 12.2. The Balaban J connectivity index is 2.48. The topological polar surface area (TPSA) is 46.2 Å². The zero-order valence-electron chi connectivity index (χ0n) is 11.3. The summed E-state index contributed by atoms with van der Waals surface area (Å²) in [5, 5.41) is 0.105. The van der Waals surface area contributed by atoms with Crippen LogP contribution < -0.4 is 4.72 Å². The van der Waals surface area contributed by atoms with Gasteiger partial charge >= 0.3 is 6.18 Å². The molecule has 0 fully saturated rings. The first kappa shape index (κ1) is 16.6. The first-order chi connectivity index (χ1) is 10.1. The van der Waals surface area contributed by atoms with E-state index in [1.165, 1.54) is 18.2 Å². The molecule has 3 nitrogen and oxygen atoms in total. The first-order valence-electron chi connectivity index (χ1n) is 6.06. The number of rotatable bonds is 3. The Hall–Kier alpha value is -1.73. The molecule has 0 aliphatic carbocycles. The number of hydrogen-bond donors (Lipinski definition) is 1. The molecular weight excluding hydrogens is 339 g/mol. The van der Waals surface area contributed by atoms with Crippen molar-refractivity contribution in [1.82, 2.24) is 0 Å². The number of halogens is 4. The maximum Gasteiger partial charge on any atom is 0.417 e. The summed E-state index contributed by atoms with van der Waals surface area (Å²) in [4.78, 5) is -0.848. The van der Waals surface area contributed by atoms with E-state index in [9.17, 15) is 21.6 Å². The summed E-state index contributed by atoms with van der Waals surface area (Å²) in [7, 11) is -4.42. The molecule has 0 saturated carbocycles. The Morgan fingerprint density at radius 3 is 2.32 bits per heavy atom. The minimum atomic E-state index is -4.78. The minimum Gasteiger partial charge on any atom is -0.278 e. The molecule has 0 amide bonds. The molecule has 0 atom stereocenters. The zero-order chi connectivity index (χ0) is 16.5. The van der Waals surface area contributed by atoms with E-state index in [2.05, 4.69) is 4.72 Å². The molecule has 0 bridgehead atoms. The third kappa shape index (κ3) is 3.53. The third-order valence-corrected chi connectivity index (χ3v) is 4.59. The van der Waals surface area contributed by atoms with Gasteiger partial charge in [-0.25, -0.2) is 8.42 Å². The molecule has 0 aliphatic rings. The number of nitrogens with one attached hydrogen (secondary N) is 1. The van der Waals surface area contributed by atoms with Crippen LogP contribution in [0.3, 0.4) is 0 Å². The molecule has 0 saturated heterocycles. The van der Waals surface area contributed by atoms with Gasteiger partial charge in [-0.3, -0.25) is 4.72 Å². The van der Waals surface area contributed by atoms with Crippen molar-refractivity contribution in [3.8, 4) is 0 Å². The molecule has 118 valence electrons. The fourth-order valence-corrected chi connectivity index (χ4v) is 3.48. The van der Waals surface area contributed by atoms with Crippen LogP contribution >= 0.6 is 11.6 Å². The summed E-state index contributed by atoms with van der Waals surface area (Å²) in [6.45, 7) is 1.75. The second-order valence-electron chi connectivity index (χ2n) is 4.58. The standard InChI is InChI=1S/C14H11ClF3NO2S/c1-9-6-7-12(11(15)8-9)19-22(20,21)13-5-3-2-4-10(13)14(16,17)18/h2-8,19H,1H3. The summed E-state index contributed by atoms with van der Waals surface area (Å²) in [6, 6.07) is 8.46. The minimum absolute atomic E-state index is 0.0178. The fraction of sp³-hybridized carbons (Fsp3) is 0.143. The molecule has 2 aromatic carbocycles. The largest absolute Gasteiger partial charge is 0.417 e. The van der Waals surface area contributed by atoms with Gasteiger partial charge in [0.2, 0.25) is 0 Å². The van der Waals surface area contributed by atoms with E-state index >= 15 is 0 Å². The van der Waals surface area contributed by atoms with Gasteiger partial charge in [-0.2, -0.15) is 13.2 Å². The Morgan fingerprint density at radius 2 is 1.73 bits per heavy atom. The molecule has 0 aliphatic heterocycles. The van der Waals surface area contributed by atoms with Gasteiger partial charge in [0.15, 0.2) is 0 Å². The van der Waals surface area contributed by atoms with Gasteiger partial charge in [0.25, 0.3) is 10.0 Å². The molecule has 1 N–H and O–H groups in total. The lowest BCUT2D eigenvalue weighted by molar-refractivity contribution is -0.139. The number of anilines is 1. The Labute approximate surface area is 130 Å². The number of benzene rings is 2. The molecule has 0 spiro atoms. The number of hydrogen-bond acceptors (Lipinski definition) is 2. The summed E-state index contributed by atoms with van der Waals surface area (Å²) >= 11 is 5.90. The van der Waals surface area contributed by atoms with Crippen molar-refractivity contribution < 1.29 is 21.6 Å². The molecule has 0 aromatic heterocycles. The molecule has 0 radical (unpaired) electrons. The number of alkyl halides is 3. The van der Waals surface area contributed by atoms with E-state index in [-0.39, 0.29) is 10.7 Å². The smallest absolute Gasteiger partial charge is 0.278 e. The average molecular weight is 350 g/mol. The van der Waals surface area contributed by atoms with Crippen LogP contribution in [0, 0.1) is 6.92 Å². The lowest BCUT2D eigenvalue weighted by atomic mass is 10.2. The van der Waals surface area contributed by atoms with Crippen LogP contribution in [0.25, 0.3) is 0 Å². The Kier molecular flexibility index (Phi) is 4.39. The van der Waals surface area contributed by atoms with Crippen molar-refractivity contribution in [1.29, 1.82) is 0 Å². The van der Waals surface area contributed by atoms with E-state index in [1.807, 2.05) is 0 Å². The van der Waals surface area contributed by atoms with Crippen LogP contribution in [0.4, 0.5) is 18.9 Å². The van der Waals surface area contributed by atoms with E-state index in [0.717, 1.165) is 17.7 Å². The van der Waals surface area contributed by atoms with Crippen LogP contribution in [-0.4, -0.2) is 8.42 Å². The van der Waals surface area contributed by atoms with Crippen LogP contribution in [0.2, 0.25) is 5.02 Å². The number of sulfonamides is 1. The van der Waals surface area contributed by atoms with Gasteiger partial charge in [-0.15, -0.1) is 0 Å². The van der Waals surface area contributed by atoms with Crippen molar-refractivity contribution in [2.75, 3.05) is 4.72 Å². The summed E-state index contributed by atoms with van der Waals surface area (Å²) in [6.07, 6.45) is -4.78. The van der Waals surface area contributed by atoms with Crippen molar-refractivity contribution in [3.05, 3.63) is 58.6 Å². The van der Waals surface area contributed by atoms with E-state index < -0.39 is 26.7 Å². The molecule has 8 heteroatoms. The monoisotopic (exact) mass is 349 g/mol. The highest BCUT2D eigenvalue weighted by Crippen LogP contribution is 2.35. The highest BCUT2D eigenvalue weighted by atomic mass is 35.5. The van der Waals surface area contributed by atoms with Gasteiger partial charge in [-0.1, -0.05) is 29.8 Å². The quantitative estimate of drug-likeness (QED) is 0.888. The van der Waals surface area contributed by atoms with E-state index in [1.54, 1.807) is 13.0 Å². The molecule has 0 unspecified atom stereocenters. The van der Waals surface area contributed by atoms with Crippen LogP contribution in [-0.2, 0) is 16.2 Å². The predicted molar refractivity (Wildman–Crippen MR) is 78.4 cm³/mol. The van der Waals surface area contributed by atoms with Crippen molar-refractivity contribution in [2.24, 2.45) is 0 Å². The second kappa shape index (κ2) is 5.81. The zero-order valence-corrected chi connectivity index (χ0v) is 12.9. The Morgan fingerprint density at radius 1 is 1.09 bits per heavy atom. The van der Waals surface area contributed by atoms with Gasteiger partial charge in [0.1, 0.15) is 0 Å². The summed E-state index contributed by atoms with van der Waals surface area (Å²) in [5.74, 6) is 0. The number of aryl methyl sites for hydroxylation is 1. The molecule has 2 rings (SSSR count). The van der Waals surface area contributed by atoms with Gasteiger partial charge < -0.3 is 0 Å². The average Bonchev–Trinajstić information content (AvgIpc) is 2.41. The molecule has 0 heterocycles. The van der Waals surface area contributed by atoms with Crippen LogP contribution in [0.1, 0.15) is 11.1 Å². The SMILES string of the molecule is Cc1ccc(NS(=O)(=O)c2ccccc2C(F)(F)F)c(Cl)c1. The second-order valence-corrected chi connectivity index (χ2v) is 6.64. The maximum absolute atomic E-state index is 12.9. The lowest BCUT2D eigenvalue weighted by Gasteiger charge is -2.15. The van der Waals surface area contributed by atoms with Crippen molar-refractivity contribution in [3.63, 3.8) is 0 Å². The van der Waals surface area contributed by atoms with E-state index in [0.29, 0.717) is 6.07 Å². The van der Waals surface area contributed by atoms with E-state index in [4.69, 9.17) is 11.6 Å². The van der Waals surface area contributed by atoms with Gasteiger partial charge in [0, 0.05) is 0 Å². The van der Waals surface area contributed by atoms with Crippen LogP contribution in [0.15, 0.2) is 47.4 Å². The van der Waals surface area contributed by atoms with Gasteiger partial charge in [-0.05, 0) is 36.8 Å². The highest BCUT2D eigenvalue weighted by molar-refractivity contribution is 7.92. The first-order valence-corrected chi connectivity index (χ1v) is 7.92. The third-order valence-electron chi connectivity index (χ3n) is 2.85. The predicted octanol–water partition coefficient (Wildman–Crippen LogP) is 4.47. The highest BCUT2D eigenvalue weighted by Gasteiger charge is 2.37. The molecule has 22 heavy (non-hydrogen) atoms. The maximum atomic E-state index is 12.9. The summed E-state index contributed by atoms with van der Waals surface area (Å²) in [5.41, 5.74) is -0.418. The van der Waals surface area contributed by atoms with Crippen molar-refractivity contribution in [2.45, 2.75) is 18.0 Å².